The summed E-state index contributed by atoms with van der Waals surface area (Å²) in [6.07, 6.45) is -0.242. The third-order valence-corrected chi connectivity index (χ3v) is 5.73. The molecule has 6 nitrogen and oxygen atoms in total. The fourth-order valence-electron chi connectivity index (χ4n) is 4.51. The van der Waals surface area contributed by atoms with E-state index in [4.69, 9.17) is 0 Å². The zero-order chi connectivity index (χ0) is 26.4. The van der Waals surface area contributed by atoms with E-state index in [0.29, 0.717) is 17.1 Å². The lowest BCUT2D eigenvalue weighted by Crippen LogP contribution is -2.31. The molecule has 3 rings (SSSR count). The van der Waals surface area contributed by atoms with Crippen molar-refractivity contribution in [1.29, 1.82) is 0 Å². The van der Waals surface area contributed by atoms with E-state index >= 15 is 0 Å². The summed E-state index contributed by atoms with van der Waals surface area (Å²) in [5.74, 6) is -1.85. The molecule has 6 heteroatoms. The minimum atomic E-state index is -0.845. The largest absolute Gasteiger partial charge is 0.326 e. The van der Waals surface area contributed by atoms with Crippen molar-refractivity contribution in [2.24, 2.45) is 5.92 Å². The first-order valence-electron chi connectivity index (χ1n) is 12.1. The summed E-state index contributed by atoms with van der Waals surface area (Å²) in [5.41, 5.74) is 8.14. The number of hydrogen-bond acceptors (Lipinski definition) is 3. The van der Waals surface area contributed by atoms with Crippen LogP contribution in [0.1, 0.15) is 46.2 Å². The predicted molar refractivity (Wildman–Crippen MR) is 146 cm³/mol. The Morgan fingerprint density at radius 2 is 0.778 bits per heavy atom. The van der Waals surface area contributed by atoms with Crippen molar-refractivity contribution >= 4 is 34.8 Å². The average Bonchev–Trinajstić information content (AvgIpc) is 2.70. The molecule has 0 bridgehead atoms. The van der Waals surface area contributed by atoms with Gasteiger partial charge in [0.25, 0.3) is 0 Å². The highest BCUT2D eigenvalue weighted by Crippen LogP contribution is 2.21. The summed E-state index contributed by atoms with van der Waals surface area (Å²) in [6, 6.07) is 17.3. The molecule has 0 saturated heterocycles. The average molecular weight is 486 g/mol. The Hall–Kier alpha value is -3.93. The zero-order valence-corrected chi connectivity index (χ0v) is 21.9. The molecule has 3 aromatic carbocycles. The van der Waals surface area contributed by atoms with E-state index in [0.717, 1.165) is 33.4 Å². The van der Waals surface area contributed by atoms with E-state index in [1.54, 1.807) is 0 Å². The number of aryl methyl sites for hydroxylation is 6. The normalized spacial score (nSPS) is 10.8. The fraction of sp³-hybridized carbons (Fsp3) is 0.300. The van der Waals surface area contributed by atoms with Crippen LogP contribution in [0.2, 0.25) is 0 Å². The number of hydrogen-bond donors (Lipinski definition) is 3. The van der Waals surface area contributed by atoms with Gasteiger partial charge in [-0.2, -0.15) is 0 Å². The van der Waals surface area contributed by atoms with Crippen molar-refractivity contribution in [3.8, 4) is 0 Å². The Balaban J connectivity index is 1.77. The Morgan fingerprint density at radius 3 is 1.08 bits per heavy atom. The number of amides is 3. The molecular formula is C30H35N3O3. The van der Waals surface area contributed by atoms with Crippen LogP contribution >= 0.6 is 0 Å². The smallest absolute Gasteiger partial charge is 0.228 e. The molecule has 0 aliphatic heterocycles. The highest BCUT2D eigenvalue weighted by molar-refractivity contribution is 6.02. The van der Waals surface area contributed by atoms with Crippen molar-refractivity contribution in [1.82, 2.24) is 0 Å². The quantitative estimate of drug-likeness (QED) is 0.358. The van der Waals surface area contributed by atoms with Gasteiger partial charge in [-0.3, -0.25) is 14.4 Å². The lowest BCUT2D eigenvalue weighted by Gasteiger charge is -2.18. The van der Waals surface area contributed by atoms with Crippen molar-refractivity contribution in [2.45, 2.75) is 54.4 Å². The molecule has 3 amide bonds. The lowest BCUT2D eigenvalue weighted by molar-refractivity contribution is -0.127. The van der Waals surface area contributed by atoms with Crippen molar-refractivity contribution in [3.05, 3.63) is 88.0 Å². The summed E-state index contributed by atoms with van der Waals surface area (Å²) >= 11 is 0. The highest BCUT2D eigenvalue weighted by atomic mass is 16.2. The second-order valence-electron chi connectivity index (χ2n) is 9.82. The lowest BCUT2D eigenvalue weighted by atomic mass is 9.98. The Kier molecular flexibility index (Phi) is 8.64. The summed E-state index contributed by atoms with van der Waals surface area (Å²) in [7, 11) is 0. The van der Waals surface area contributed by atoms with Crippen molar-refractivity contribution < 1.29 is 14.4 Å². The monoisotopic (exact) mass is 485 g/mol. The van der Waals surface area contributed by atoms with Gasteiger partial charge in [0, 0.05) is 29.9 Å². The first kappa shape index (κ1) is 26.7. The van der Waals surface area contributed by atoms with E-state index in [-0.39, 0.29) is 30.6 Å². The molecule has 3 N–H and O–H groups in total. The van der Waals surface area contributed by atoms with Gasteiger partial charge in [-0.15, -0.1) is 0 Å². The zero-order valence-electron chi connectivity index (χ0n) is 21.9. The molecule has 0 spiro atoms. The predicted octanol–water partition coefficient (Wildman–Crippen LogP) is 6.15. The van der Waals surface area contributed by atoms with Gasteiger partial charge in [-0.1, -0.05) is 18.2 Å². The highest BCUT2D eigenvalue weighted by Gasteiger charge is 2.25. The van der Waals surface area contributed by atoms with Crippen LogP contribution in [-0.2, 0) is 14.4 Å². The minimum absolute atomic E-state index is 0.121. The van der Waals surface area contributed by atoms with Crippen LogP contribution in [0.15, 0.2) is 54.6 Å². The van der Waals surface area contributed by atoms with Gasteiger partial charge < -0.3 is 16.0 Å². The standard InChI is InChI=1S/C30H35N3O3/c1-18-7-19(2)11-25(10-18)31-28(34)16-24(30(36)33-27-14-22(5)9-23(6)15-27)17-29(35)32-26-12-20(3)8-21(4)13-26/h7-15,24H,16-17H2,1-6H3,(H,31,34)(H,32,35)(H,33,36). The van der Waals surface area contributed by atoms with Gasteiger partial charge >= 0.3 is 0 Å². The van der Waals surface area contributed by atoms with Crippen LogP contribution in [0.3, 0.4) is 0 Å². The van der Waals surface area contributed by atoms with E-state index < -0.39 is 5.92 Å². The van der Waals surface area contributed by atoms with E-state index in [9.17, 15) is 14.4 Å². The second-order valence-corrected chi connectivity index (χ2v) is 9.82. The Labute approximate surface area is 213 Å². The summed E-state index contributed by atoms with van der Waals surface area (Å²) < 4.78 is 0. The van der Waals surface area contributed by atoms with Crippen LogP contribution in [0.5, 0.6) is 0 Å². The maximum Gasteiger partial charge on any atom is 0.228 e. The van der Waals surface area contributed by atoms with Crippen LogP contribution in [0.25, 0.3) is 0 Å². The van der Waals surface area contributed by atoms with Gasteiger partial charge in [0.2, 0.25) is 17.7 Å². The van der Waals surface area contributed by atoms with Gasteiger partial charge in [-0.05, 0) is 111 Å². The van der Waals surface area contributed by atoms with Gasteiger partial charge in [-0.25, -0.2) is 0 Å². The number of carbonyl (C=O) groups is 3. The molecular weight excluding hydrogens is 450 g/mol. The summed E-state index contributed by atoms with van der Waals surface area (Å²) in [5, 5.41) is 8.66. The third kappa shape index (κ3) is 8.08. The van der Waals surface area contributed by atoms with Gasteiger partial charge in [0.1, 0.15) is 0 Å². The van der Waals surface area contributed by atoms with Crippen LogP contribution in [-0.4, -0.2) is 17.7 Å². The van der Waals surface area contributed by atoms with Crippen LogP contribution in [0.4, 0.5) is 17.1 Å². The molecule has 0 aliphatic rings. The molecule has 0 heterocycles. The summed E-state index contributed by atoms with van der Waals surface area (Å²) in [6.45, 7) is 11.7. The molecule has 0 radical (unpaired) electrons. The molecule has 0 unspecified atom stereocenters. The van der Waals surface area contributed by atoms with Crippen molar-refractivity contribution in [3.63, 3.8) is 0 Å². The maximum absolute atomic E-state index is 13.3. The number of anilines is 3. The Morgan fingerprint density at radius 1 is 0.500 bits per heavy atom. The third-order valence-electron chi connectivity index (χ3n) is 5.73. The molecule has 188 valence electrons. The number of rotatable bonds is 8. The molecule has 0 aromatic heterocycles. The topological polar surface area (TPSA) is 87.3 Å². The fourth-order valence-corrected chi connectivity index (χ4v) is 4.51. The number of nitrogens with one attached hydrogen (secondary N) is 3. The number of carbonyl (C=O) groups excluding carboxylic acids is 3. The van der Waals surface area contributed by atoms with Gasteiger partial charge in [0.05, 0.1) is 5.92 Å². The summed E-state index contributed by atoms with van der Waals surface area (Å²) in [4.78, 5) is 39.1. The van der Waals surface area contributed by atoms with E-state index in [1.165, 1.54) is 0 Å². The Bertz CT molecular complexity index is 1170. The van der Waals surface area contributed by atoms with Crippen LogP contribution < -0.4 is 16.0 Å². The molecule has 36 heavy (non-hydrogen) atoms. The molecule has 0 fully saturated rings. The van der Waals surface area contributed by atoms with E-state index in [2.05, 4.69) is 16.0 Å². The SMILES string of the molecule is Cc1cc(C)cc(NC(=O)CC(CC(=O)Nc2cc(C)cc(C)c2)C(=O)Nc2cc(C)cc(C)c2)c1. The first-order chi connectivity index (χ1) is 17.0. The molecule has 0 atom stereocenters. The molecule has 3 aromatic rings. The second kappa shape index (κ2) is 11.7. The van der Waals surface area contributed by atoms with Gasteiger partial charge in [0.15, 0.2) is 0 Å². The minimum Gasteiger partial charge on any atom is -0.326 e. The molecule has 0 aliphatic carbocycles. The maximum atomic E-state index is 13.3. The molecule has 0 saturated carbocycles. The van der Waals surface area contributed by atoms with Crippen LogP contribution in [0, 0.1) is 47.5 Å². The van der Waals surface area contributed by atoms with Crippen molar-refractivity contribution in [2.75, 3.05) is 16.0 Å². The first-order valence-corrected chi connectivity index (χ1v) is 12.1. The number of benzene rings is 3. The van der Waals surface area contributed by atoms with E-state index in [1.807, 2.05) is 96.1 Å².